The van der Waals surface area contributed by atoms with E-state index in [1.54, 1.807) is 30.1 Å². The molecular weight excluding hydrogens is 385 g/mol. The van der Waals surface area contributed by atoms with Gasteiger partial charge in [-0.3, -0.25) is 9.59 Å². The fourth-order valence-electron chi connectivity index (χ4n) is 2.42. The van der Waals surface area contributed by atoms with E-state index in [1.807, 2.05) is 38.1 Å². The predicted octanol–water partition coefficient (Wildman–Crippen LogP) is 4.40. The molecule has 0 aliphatic heterocycles. The number of halogens is 2. The van der Waals surface area contributed by atoms with Crippen molar-refractivity contribution < 1.29 is 9.59 Å². The van der Waals surface area contributed by atoms with Crippen molar-refractivity contribution >= 4 is 47.2 Å². The quantitative estimate of drug-likeness (QED) is 0.694. The van der Waals surface area contributed by atoms with E-state index in [0.717, 1.165) is 5.56 Å². The zero-order chi connectivity index (χ0) is 19.3. The van der Waals surface area contributed by atoms with E-state index in [4.69, 9.17) is 17.3 Å². The largest absolute Gasteiger partial charge is 0.399 e. The molecule has 0 heterocycles. The molecule has 0 aliphatic carbocycles. The van der Waals surface area contributed by atoms with Gasteiger partial charge in [-0.15, -0.1) is 12.4 Å². The molecule has 3 N–H and O–H groups in total. The van der Waals surface area contributed by atoms with E-state index < -0.39 is 0 Å². The molecule has 146 valence electrons. The van der Waals surface area contributed by atoms with Crippen molar-refractivity contribution in [2.24, 2.45) is 0 Å². The van der Waals surface area contributed by atoms with Crippen LogP contribution in [0.3, 0.4) is 0 Å². The van der Waals surface area contributed by atoms with E-state index in [9.17, 15) is 9.59 Å². The highest BCUT2D eigenvalue weighted by Crippen LogP contribution is 2.24. The second-order valence-electron chi connectivity index (χ2n) is 6.45. The Labute approximate surface area is 171 Å². The fraction of sp³-hybridized carbons (Fsp3) is 0.300. The van der Waals surface area contributed by atoms with Crippen molar-refractivity contribution in [3.63, 3.8) is 0 Å². The summed E-state index contributed by atoms with van der Waals surface area (Å²) in [7, 11) is 1.74. The first kappa shape index (κ1) is 22.8. The lowest BCUT2D eigenvalue weighted by Gasteiger charge is -2.22. The van der Waals surface area contributed by atoms with Crippen LogP contribution in [0.4, 0.5) is 11.4 Å². The van der Waals surface area contributed by atoms with Crippen LogP contribution in [0.5, 0.6) is 0 Å². The number of carbonyl (C=O) groups excluding carboxylic acids is 2. The molecule has 0 bridgehead atoms. The Morgan fingerprint density at radius 1 is 1.19 bits per heavy atom. The minimum atomic E-state index is -0.183. The lowest BCUT2D eigenvalue weighted by molar-refractivity contribution is -0.116. The summed E-state index contributed by atoms with van der Waals surface area (Å²) >= 11 is 6.17. The van der Waals surface area contributed by atoms with Gasteiger partial charge < -0.3 is 16.0 Å². The number of nitrogens with two attached hydrogens (primary N) is 1. The van der Waals surface area contributed by atoms with E-state index in [0.29, 0.717) is 28.4 Å². The number of para-hydroxylation sites is 1. The maximum absolute atomic E-state index is 12.4. The van der Waals surface area contributed by atoms with Crippen molar-refractivity contribution in [1.82, 2.24) is 4.90 Å². The second kappa shape index (κ2) is 10.2. The van der Waals surface area contributed by atoms with Gasteiger partial charge >= 0.3 is 0 Å². The van der Waals surface area contributed by atoms with Crippen molar-refractivity contribution in [1.29, 1.82) is 0 Å². The van der Waals surface area contributed by atoms with Gasteiger partial charge in [-0.2, -0.15) is 0 Å². The van der Waals surface area contributed by atoms with Crippen molar-refractivity contribution in [3.8, 4) is 0 Å². The van der Waals surface area contributed by atoms with Crippen molar-refractivity contribution in [3.05, 3.63) is 58.6 Å². The summed E-state index contributed by atoms with van der Waals surface area (Å²) in [4.78, 5) is 26.3. The van der Waals surface area contributed by atoms with E-state index >= 15 is 0 Å². The number of nitrogen functional groups attached to an aromatic ring is 1. The summed E-state index contributed by atoms with van der Waals surface area (Å²) in [5.74, 6) is -0.304. The first-order valence-corrected chi connectivity index (χ1v) is 8.87. The normalized spacial score (nSPS) is 10.3. The summed E-state index contributed by atoms with van der Waals surface area (Å²) in [5, 5.41) is 3.17. The van der Waals surface area contributed by atoms with Gasteiger partial charge in [0.25, 0.3) is 5.91 Å². The minimum Gasteiger partial charge on any atom is -0.399 e. The maximum Gasteiger partial charge on any atom is 0.253 e. The minimum absolute atomic E-state index is 0. The Kier molecular flexibility index (Phi) is 8.60. The maximum atomic E-state index is 12.4. The van der Waals surface area contributed by atoms with Gasteiger partial charge in [0.2, 0.25) is 5.91 Å². The van der Waals surface area contributed by atoms with Crippen molar-refractivity contribution in [2.75, 3.05) is 18.1 Å². The molecule has 7 heteroatoms. The Morgan fingerprint density at radius 3 is 2.48 bits per heavy atom. The van der Waals surface area contributed by atoms with Gasteiger partial charge in [-0.25, -0.2) is 0 Å². The lowest BCUT2D eigenvalue weighted by atomic mass is 10.1. The Bertz CT molecular complexity index is 810. The number of hydrogen-bond acceptors (Lipinski definition) is 3. The molecule has 2 rings (SSSR count). The van der Waals surface area contributed by atoms with Gasteiger partial charge in [0, 0.05) is 30.8 Å². The number of rotatable bonds is 6. The standard InChI is InChI=1S/C20H24ClN3O2.ClH/c1-13(2)24(3)20(26)15-8-10-16(21)18(12-15)23-19(25)11-9-14-6-4-5-7-17(14)22;/h4-8,10,12-13H,9,11,22H2,1-3H3,(H,23,25);1H. The summed E-state index contributed by atoms with van der Waals surface area (Å²) < 4.78 is 0. The second-order valence-corrected chi connectivity index (χ2v) is 6.86. The Hall–Kier alpha value is -2.24. The summed E-state index contributed by atoms with van der Waals surface area (Å²) in [6, 6.07) is 12.4. The lowest BCUT2D eigenvalue weighted by Crippen LogP contribution is -2.33. The van der Waals surface area contributed by atoms with E-state index in [-0.39, 0.29) is 36.7 Å². The van der Waals surface area contributed by atoms with Gasteiger partial charge in [-0.1, -0.05) is 29.8 Å². The molecule has 5 nitrogen and oxygen atoms in total. The fourth-order valence-corrected chi connectivity index (χ4v) is 2.58. The van der Waals surface area contributed by atoms with Gasteiger partial charge in [0.15, 0.2) is 0 Å². The van der Waals surface area contributed by atoms with Gasteiger partial charge in [0.1, 0.15) is 0 Å². The molecule has 27 heavy (non-hydrogen) atoms. The van der Waals surface area contributed by atoms with E-state index in [2.05, 4.69) is 5.32 Å². The first-order chi connectivity index (χ1) is 12.3. The monoisotopic (exact) mass is 409 g/mol. The van der Waals surface area contributed by atoms with Crippen LogP contribution in [0.1, 0.15) is 36.2 Å². The van der Waals surface area contributed by atoms with Gasteiger partial charge in [0.05, 0.1) is 10.7 Å². The summed E-state index contributed by atoms with van der Waals surface area (Å²) in [5.41, 5.74) is 8.40. The predicted molar refractivity (Wildman–Crippen MR) is 114 cm³/mol. The summed E-state index contributed by atoms with van der Waals surface area (Å²) in [6.45, 7) is 3.87. The van der Waals surface area contributed by atoms with Crippen LogP contribution in [0.15, 0.2) is 42.5 Å². The molecule has 0 atom stereocenters. The molecule has 2 aromatic carbocycles. The summed E-state index contributed by atoms with van der Waals surface area (Å²) in [6.07, 6.45) is 0.805. The number of aryl methyl sites for hydroxylation is 1. The molecule has 0 spiro atoms. The number of anilines is 2. The topological polar surface area (TPSA) is 75.4 Å². The van der Waals surface area contributed by atoms with Crippen LogP contribution in [0.2, 0.25) is 5.02 Å². The molecule has 2 amide bonds. The van der Waals surface area contributed by atoms with Crippen LogP contribution in [0.25, 0.3) is 0 Å². The number of amides is 2. The molecule has 0 saturated heterocycles. The molecule has 2 aromatic rings. The number of nitrogens with zero attached hydrogens (tertiary/aromatic N) is 1. The number of carbonyl (C=O) groups is 2. The third kappa shape index (κ3) is 6.15. The Balaban J connectivity index is 0.00000364. The highest BCUT2D eigenvalue weighted by atomic mass is 35.5. The molecule has 0 saturated carbocycles. The molecule has 0 unspecified atom stereocenters. The SMILES string of the molecule is CC(C)N(C)C(=O)c1ccc(Cl)c(NC(=O)CCc2ccccc2N)c1.Cl. The molecular formula is C20H25Cl2N3O2. The highest BCUT2D eigenvalue weighted by molar-refractivity contribution is 6.33. The smallest absolute Gasteiger partial charge is 0.253 e. The van der Waals surface area contributed by atoms with Crippen LogP contribution in [-0.2, 0) is 11.2 Å². The van der Waals surface area contributed by atoms with Crippen molar-refractivity contribution in [2.45, 2.75) is 32.7 Å². The number of hydrogen-bond donors (Lipinski definition) is 2. The zero-order valence-electron chi connectivity index (χ0n) is 15.7. The third-order valence-corrected chi connectivity index (χ3v) is 4.59. The third-order valence-electron chi connectivity index (χ3n) is 4.26. The number of nitrogens with one attached hydrogen (secondary N) is 1. The molecule has 0 aliphatic rings. The first-order valence-electron chi connectivity index (χ1n) is 8.49. The van der Waals surface area contributed by atoms with Crippen LogP contribution >= 0.6 is 24.0 Å². The zero-order valence-corrected chi connectivity index (χ0v) is 17.2. The molecule has 0 radical (unpaired) electrons. The van der Waals surface area contributed by atoms with E-state index in [1.165, 1.54) is 0 Å². The van der Waals surface area contributed by atoms with Crippen LogP contribution in [0, 0.1) is 0 Å². The molecule has 0 fully saturated rings. The van der Waals surface area contributed by atoms with Crippen LogP contribution < -0.4 is 11.1 Å². The van der Waals surface area contributed by atoms with Crippen LogP contribution in [-0.4, -0.2) is 29.8 Å². The highest BCUT2D eigenvalue weighted by Gasteiger charge is 2.16. The average molecular weight is 410 g/mol. The average Bonchev–Trinajstić information content (AvgIpc) is 2.61. The number of benzene rings is 2. The molecule has 0 aromatic heterocycles. The van der Waals surface area contributed by atoms with Gasteiger partial charge in [-0.05, 0) is 50.1 Å². The Morgan fingerprint density at radius 2 is 1.85 bits per heavy atom.